The second kappa shape index (κ2) is 8.08. The van der Waals surface area contributed by atoms with E-state index in [9.17, 15) is 9.59 Å². The first-order valence-corrected chi connectivity index (χ1v) is 8.00. The van der Waals surface area contributed by atoms with Gasteiger partial charge < -0.3 is 19.9 Å². The highest BCUT2D eigenvalue weighted by Crippen LogP contribution is 2.18. The largest absolute Gasteiger partial charge is 0.378 e. The van der Waals surface area contributed by atoms with Gasteiger partial charge in [-0.1, -0.05) is 18.2 Å². The fourth-order valence-corrected chi connectivity index (χ4v) is 2.71. The number of rotatable bonds is 5. The van der Waals surface area contributed by atoms with E-state index < -0.39 is 0 Å². The van der Waals surface area contributed by atoms with E-state index in [4.69, 9.17) is 4.74 Å². The summed E-state index contributed by atoms with van der Waals surface area (Å²) in [6, 6.07) is 5.92. The monoisotopic (exact) mass is 320 g/mol. The second-order valence-corrected chi connectivity index (χ2v) is 6.12. The molecular formula is C17H26N3O3+. The summed E-state index contributed by atoms with van der Waals surface area (Å²) in [4.78, 5) is 27.1. The van der Waals surface area contributed by atoms with Crippen molar-refractivity contribution >= 4 is 17.5 Å². The van der Waals surface area contributed by atoms with E-state index in [0.717, 1.165) is 21.7 Å². The van der Waals surface area contributed by atoms with Crippen LogP contribution in [0, 0.1) is 13.8 Å². The molecule has 0 bridgehead atoms. The number of nitrogens with one attached hydrogen (secondary N) is 2. The first kappa shape index (κ1) is 17.4. The number of nitrogens with zero attached hydrogens (tertiary/aromatic N) is 1. The Morgan fingerprint density at radius 1 is 1.17 bits per heavy atom. The Kier molecular flexibility index (Phi) is 6.12. The molecular weight excluding hydrogens is 294 g/mol. The molecule has 2 amide bonds. The van der Waals surface area contributed by atoms with Crippen LogP contribution in [-0.2, 0) is 14.3 Å². The van der Waals surface area contributed by atoms with Gasteiger partial charge in [0.1, 0.15) is 0 Å². The summed E-state index contributed by atoms with van der Waals surface area (Å²) in [6.07, 6.45) is 0. The van der Waals surface area contributed by atoms with E-state index in [2.05, 4.69) is 5.32 Å². The van der Waals surface area contributed by atoms with Crippen molar-refractivity contribution in [1.82, 2.24) is 4.90 Å². The van der Waals surface area contributed by atoms with Gasteiger partial charge in [-0.05, 0) is 25.0 Å². The number of benzene rings is 1. The molecule has 0 spiro atoms. The van der Waals surface area contributed by atoms with E-state index in [1.54, 1.807) is 4.90 Å². The van der Waals surface area contributed by atoms with E-state index in [0.29, 0.717) is 32.8 Å². The molecule has 0 saturated carbocycles. The number of hydrogen-bond donors (Lipinski definition) is 2. The number of carbonyl (C=O) groups is 2. The lowest BCUT2D eigenvalue weighted by Gasteiger charge is -2.27. The van der Waals surface area contributed by atoms with Crippen LogP contribution in [0.3, 0.4) is 0 Å². The van der Waals surface area contributed by atoms with Crippen molar-refractivity contribution in [3.63, 3.8) is 0 Å². The summed E-state index contributed by atoms with van der Waals surface area (Å²) in [5.74, 6) is 0.000324. The Morgan fingerprint density at radius 2 is 1.78 bits per heavy atom. The Labute approximate surface area is 137 Å². The number of ether oxygens (including phenoxy) is 1. The maximum absolute atomic E-state index is 12.2. The predicted octanol–water partition coefficient (Wildman–Crippen LogP) is -0.385. The van der Waals surface area contributed by atoms with Gasteiger partial charge in [0, 0.05) is 18.8 Å². The molecule has 126 valence electrons. The number of morpholine rings is 1. The number of carbonyl (C=O) groups excluding carboxylic acids is 2. The van der Waals surface area contributed by atoms with Gasteiger partial charge in [0.15, 0.2) is 13.1 Å². The molecule has 1 heterocycles. The number of anilines is 1. The number of para-hydroxylation sites is 1. The normalized spacial score (nSPS) is 16.0. The van der Waals surface area contributed by atoms with Crippen molar-refractivity contribution in [3.8, 4) is 0 Å². The van der Waals surface area contributed by atoms with E-state index in [-0.39, 0.29) is 18.4 Å². The zero-order valence-electron chi connectivity index (χ0n) is 14.1. The summed E-state index contributed by atoms with van der Waals surface area (Å²) < 4.78 is 5.24. The van der Waals surface area contributed by atoms with Gasteiger partial charge in [-0.2, -0.15) is 0 Å². The summed E-state index contributed by atoms with van der Waals surface area (Å²) in [5, 5.41) is 2.96. The Balaban J connectivity index is 1.83. The maximum atomic E-state index is 12.2. The third-order valence-electron chi connectivity index (χ3n) is 4.02. The Bertz CT molecular complexity index is 548. The quantitative estimate of drug-likeness (QED) is 0.777. The third-order valence-corrected chi connectivity index (χ3v) is 4.02. The van der Waals surface area contributed by atoms with Gasteiger partial charge in [0.2, 0.25) is 0 Å². The fourth-order valence-electron chi connectivity index (χ4n) is 2.71. The molecule has 6 nitrogen and oxygen atoms in total. The van der Waals surface area contributed by atoms with Crippen molar-refractivity contribution in [2.45, 2.75) is 13.8 Å². The number of likely N-dealkylation sites (N-methyl/N-ethyl adjacent to an activating group) is 1. The third kappa shape index (κ3) is 5.04. The van der Waals surface area contributed by atoms with Gasteiger partial charge in [-0.25, -0.2) is 0 Å². The number of aryl methyl sites for hydroxylation is 2. The molecule has 1 aromatic carbocycles. The summed E-state index contributed by atoms with van der Waals surface area (Å²) >= 11 is 0. The first-order chi connectivity index (χ1) is 11.0. The molecule has 1 saturated heterocycles. The molecule has 1 fully saturated rings. The van der Waals surface area contributed by atoms with Crippen LogP contribution >= 0.6 is 0 Å². The van der Waals surface area contributed by atoms with E-state index >= 15 is 0 Å². The van der Waals surface area contributed by atoms with Crippen LogP contribution in [0.25, 0.3) is 0 Å². The lowest BCUT2D eigenvalue weighted by molar-refractivity contribution is -0.862. The molecule has 1 unspecified atom stereocenters. The SMILES string of the molecule is Cc1cccc(C)c1NC(=O)C[NH+](C)CC(=O)N1CCOCC1. The zero-order chi connectivity index (χ0) is 16.8. The maximum Gasteiger partial charge on any atom is 0.279 e. The molecule has 2 rings (SSSR count). The van der Waals surface area contributed by atoms with Crippen LogP contribution in [0.2, 0.25) is 0 Å². The minimum absolute atomic E-state index is 0.0744. The minimum Gasteiger partial charge on any atom is -0.378 e. The van der Waals surface area contributed by atoms with Gasteiger partial charge in [0.05, 0.1) is 20.3 Å². The molecule has 0 aromatic heterocycles. The van der Waals surface area contributed by atoms with Gasteiger partial charge >= 0.3 is 0 Å². The average molecular weight is 320 g/mol. The van der Waals surface area contributed by atoms with Crippen LogP contribution in [0.15, 0.2) is 18.2 Å². The molecule has 6 heteroatoms. The molecule has 0 aliphatic carbocycles. The highest BCUT2D eigenvalue weighted by molar-refractivity contribution is 5.93. The van der Waals surface area contributed by atoms with Crippen LogP contribution in [0.1, 0.15) is 11.1 Å². The fraction of sp³-hybridized carbons (Fsp3) is 0.529. The van der Waals surface area contributed by atoms with Crippen LogP contribution < -0.4 is 10.2 Å². The van der Waals surface area contributed by atoms with Crippen molar-refractivity contribution < 1.29 is 19.2 Å². The lowest BCUT2D eigenvalue weighted by atomic mass is 10.1. The van der Waals surface area contributed by atoms with Gasteiger partial charge in [-0.3, -0.25) is 9.59 Å². The molecule has 23 heavy (non-hydrogen) atoms. The van der Waals surface area contributed by atoms with E-state index in [1.165, 1.54) is 0 Å². The van der Waals surface area contributed by atoms with Gasteiger partial charge in [-0.15, -0.1) is 0 Å². The number of amides is 2. The minimum atomic E-state index is -0.0744. The smallest absolute Gasteiger partial charge is 0.279 e. The number of quaternary nitrogens is 1. The molecule has 1 aromatic rings. The molecule has 1 aliphatic heterocycles. The Morgan fingerprint density at radius 3 is 2.39 bits per heavy atom. The predicted molar refractivity (Wildman–Crippen MR) is 88.6 cm³/mol. The van der Waals surface area contributed by atoms with Crippen molar-refractivity contribution in [3.05, 3.63) is 29.3 Å². The van der Waals surface area contributed by atoms with Crippen molar-refractivity contribution in [2.75, 3.05) is 51.8 Å². The van der Waals surface area contributed by atoms with Gasteiger partial charge in [0.25, 0.3) is 11.8 Å². The summed E-state index contributed by atoms with van der Waals surface area (Å²) in [5.41, 5.74) is 2.95. The lowest BCUT2D eigenvalue weighted by Crippen LogP contribution is -3.11. The van der Waals surface area contributed by atoms with Crippen LogP contribution in [0.4, 0.5) is 5.69 Å². The molecule has 1 atom stereocenters. The molecule has 2 N–H and O–H groups in total. The highest BCUT2D eigenvalue weighted by atomic mass is 16.5. The zero-order valence-corrected chi connectivity index (χ0v) is 14.1. The summed E-state index contributed by atoms with van der Waals surface area (Å²) in [6.45, 7) is 7.00. The topological polar surface area (TPSA) is 63.1 Å². The van der Waals surface area contributed by atoms with Crippen LogP contribution in [0.5, 0.6) is 0 Å². The Hall–Kier alpha value is -1.92. The molecule has 0 radical (unpaired) electrons. The van der Waals surface area contributed by atoms with Crippen molar-refractivity contribution in [1.29, 1.82) is 0 Å². The number of hydrogen-bond acceptors (Lipinski definition) is 3. The summed E-state index contributed by atoms with van der Waals surface area (Å²) in [7, 11) is 1.86. The van der Waals surface area contributed by atoms with Crippen molar-refractivity contribution in [2.24, 2.45) is 0 Å². The highest BCUT2D eigenvalue weighted by Gasteiger charge is 2.21. The standard InChI is InChI=1S/C17H25N3O3/c1-13-5-4-6-14(2)17(13)18-15(21)11-19(3)12-16(22)20-7-9-23-10-8-20/h4-6H,7-12H2,1-3H3,(H,18,21)/p+1. The molecule has 1 aliphatic rings. The first-order valence-electron chi connectivity index (χ1n) is 8.00. The average Bonchev–Trinajstić information content (AvgIpc) is 2.51. The van der Waals surface area contributed by atoms with E-state index in [1.807, 2.05) is 39.1 Å². The second-order valence-electron chi connectivity index (χ2n) is 6.12. The van der Waals surface area contributed by atoms with Crippen LogP contribution in [-0.4, -0.2) is 63.2 Å².